The zero-order chi connectivity index (χ0) is 15.9. The molecule has 0 aliphatic carbocycles. The summed E-state index contributed by atoms with van der Waals surface area (Å²) in [6.07, 6.45) is 5.34. The van der Waals surface area contributed by atoms with Crippen molar-refractivity contribution in [1.29, 1.82) is 0 Å². The number of benzene rings is 1. The lowest BCUT2D eigenvalue weighted by atomic mass is 10.2. The molecule has 0 bridgehead atoms. The van der Waals surface area contributed by atoms with Crippen LogP contribution in [0.1, 0.15) is 5.56 Å². The van der Waals surface area contributed by atoms with Gasteiger partial charge in [0.25, 0.3) is 0 Å². The number of hydrogen-bond acceptors (Lipinski definition) is 5. The molecule has 1 aromatic heterocycles. The van der Waals surface area contributed by atoms with E-state index in [9.17, 15) is 0 Å². The lowest BCUT2D eigenvalue weighted by Crippen LogP contribution is -2.48. The van der Waals surface area contributed by atoms with Crippen LogP contribution >= 0.6 is 0 Å². The third-order valence-electron chi connectivity index (χ3n) is 4.34. The predicted octanol–water partition coefficient (Wildman–Crippen LogP) is 1.73. The molecular weight excluding hydrogens is 286 g/mol. The molecular formula is C18H25N5. The zero-order valence-electron chi connectivity index (χ0n) is 13.8. The number of aromatic nitrogens is 2. The maximum atomic E-state index is 4.39. The first-order valence-electron chi connectivity index (χ1n) is 8.27. The summed E-state index contributed by atoms with van der Waals surface area (Å²) >= 11 is 0. The average molecular weight is 311 g/mol. The van der Waals surface area contributed by atoms with Crippen LogP contribution in [-0.4, -0.2) is 66.1 Å². The van der Waals surface area contributed by atoms with Gasteiger partial charge in [-0.15, -0.1) is 0 Å². The molecule has 0 atom stereocenters. The normalized spacial score (nSPS) is 16.0. The van der Waals surface area contributed by atoms with Crippen molar-refractivity contribution in [3.63, 3.8) is 0 Å². The highest BCUT2D eigenvalue weighted by Gasteiger charge is 2.18. The van der Waals surface area contributed by atoms with Gasteiger partial charge in [0.15, 0.2) is 0 Å². The molecule has 5 nitrogen and oxygen atoms in total. The van der Waals surface area contributed by atoms with Gasteiger partial charge < -0.3 is 9.80 Å². The van der Waals surface area contributed by atoms with Crippen LogP contribution in [0.4, 0.5) is 5.82 Å². The molecule has 2 aromatic rings. The fourth-order valence-corrected chi connectivity index (χ4v) is 2.94. The van der Waals surface area contributed by atoms with E-state index in [0.717, 1.165) is 51.6 Å². The Morgan fingerprint density at radius 1 is 1.04 bits per heavy atom. The van der Waals surface area contributed by atoms with Crippen molar-refractivity contribution in [2.24, 2.45) is 0 Å². The zero-order valence-corrected chi connectivity index (χ0v) is 13.8. The highest BCUT2D eigenvalue weighted by Crippen LogP contribution is 2.11. The Morgan fingerprint density at radius 3 is 2.52 bits per heavy atom. The summed E-state index contributed by atoms with van der Waals surface area (Å²) in [6.45, 7) is 7.48. The Balaban J connectivity index is 1.39. The molecule has 23 heavy (non-hydrogen) atoms. The summed E-state index contributed by atoms with van der Waals surface area (Å²) in [5.74, 6) is 0.994. The van der Waals surface area contributed by atoms with E-state index in [-0.39, 0.29) is 0 Å². The standard InChI is InChI=1S/C18H25N5/c1-21(16-17-5-3-2-4-6-17)9-10-22-11-13-23(14-12-22)18-15-19-7-8-20-18/h2-8,15H,9-14,16H2,1H3. The summed E-state index contributed by atoms with van der Waals surface area (Å²) in [6, 6.07) is 10.7. The smallest absolute Gasteiger partial charge is 0.147 e. The Bertz CT molecular complexity index is 566. The minimum Gasteiger partial charge on any atom is -0.353 e. The van der Waals surface area contributed by atoms with Crippen molar-refractivity contribution in [3.8, 4) is 0 Å². The van der Waals surface area contributed by atoms with E-state index >= 15 is 0 Å². The second kappa shape index (κ2) is 8.04. The SMILES string of the molecule is CN(CCN1CCN(c2cnccn2)CC1)Cc1ccccc1. The first kappa shape index (κ1) is 15.9. The second-order valence-electron chi connectivity index (χ2n) is 6.12. The molecule has 0 unspecified atom stereocenters. The van der Waals surface area contributed by atoms with E-state index in [1.807, 2.05) is 6.20 Å². The molecule has 0 spiro atoms. The third-order valence-corrected chi connectivity index (χ3v) is 4.34. The fourth-order valence-electron chi connectivity index (χ4n) is 2.94. The van der Waals surface area contributed by atoms with Crippen LogP contribution in [0.5, 0.6) is 0 Å². The van der Waals surface area contributed by atoms with Gasteiger partial charge in [-0.25, -0.2) is 4.98 Å². The minimum atomic E-state index is 0.994. The minimum absolute atomic E-state index is 0.994. The topological polar surface area (TPSA) is 35.5 Å². The molecule has 1 aromatic carbocycles. The Morgan fingerprint density at radius 2 is 1.83 bits per heavy atom. The Kier molecular flexibility index (Phi) is 5.56. The number of hydrogen-bond donors (Lipinski definition) is 0. The molecule has 1 aliphatic heterocycles. The molecule has 2 heterocycles. The van der Waals surface area contributed by atoms with Crippen LogP contribution in [0.25, 0.3) is 0 Å². The molecule has 0 N–H and O–H groups in total. The third kappa shape index (κ3) is 4.74. The van der Waals surface area contributed by atoms with E-state index in [2.05, 4.69) is 62.0 Å². The van der Waals surface area contributed by atoms with Gasteiger partial charge in [0.05, 0.1) is 6.20 Å². The monoisotopic (exact) mass is 311 g/mol. The average Bonchev–Trinajstić information content (AvgIpc) is 2.62. The Hall–Kier alpha value is -1.98. The molecule has 122 valence electrons. The van der Waals surface area contributed by atoms with Gasteiger partial charge in [-0.3, -0.25) is 9.88 Å². The molecule has 0 radical (unpaired) electrons. The largest absolute Gasteiger partial charge is 0.353 e. The van der Waals surface area contributed by atoms with Crippen LogP contribution in [-0.2, 0) is 6.54 Å². The van der Waals surface area contributed by atoms with Crippen LogP contribution in [0.15, 0.2) is 48.9 Å². The van der Waals surface area contributed by atoms with Gasteiger partial charge in [-0.05, 0) is 12.6 Å². The highest BCUT2D eigenvalue weighted by molar-refractivity contribution is 5.35. The second-order valence-corrected chi connectivity index (χ2v) is 6.12. The first-order valence-corrected chi connectivity index (χ1v) is 8.27. The first-order chi connectivity index (χ1) is 11.3. The van der Waals surface area contributed by atoms with Gasteiger partial charge in [-0.1, -0.05) is 30.3 Å². The van der Waals surface area contributed by atoms with Crippen molar-refractivity contribution >= 4 is 5.82 Å². The van der Waals surface area contributed by atoms with Gasteiger partial charge in [0.1, 0.15) is 5.82 Å². The van der Waals surface area contributed by atoms with Crippen LogP contribution in [0.2, 0.25) is 0 Å². The molecule has 0 saturated carbocycles. The van der Waals surface area contributed by atoms with Crippen LogP contribution < -0.4 is 4.90 Å². The fraction of sp³-hybridized carbons (Fsp3) is 0.444. The van der Waals surface area contributed by atoms with Crippen molar-refractivity contribution in [3.05, 3.63) is 54.5 Å². The number of rotatable bonds is 6. The van der Waals surface area contributed by atoms with Gasteiger partial charge in [0, 0.05) is 58.2 Å². The number of likely N-dealkylation sites (N-methyl/N-ethyl adjacent to an activating group) is 1. The maximum absolute atomic E-state index is 4.39. The van der Waals surface area contributed by atoms with Gasteiger partial charge >= 0.3 is 0 Å². The number of anilines is 1. The van der Waals surface area contributed by atoms with Crippen LogP contribution in [0.3, 0.4) is 0 Å². The van der Waals surface area contributed by atoms with Crippen molar-refractivity contribution in [2.75, 3.05) is 51.2 Å². The van der Waals surface area contributed by atoms with E-state index in [0.29, 0.717) is 0 Å². The van der Waals surface area contributed by atoms with E-state index in [1.165, 1.54) is 5.56 Å². The Labute approximate surface area is 138 Å². The van der Waals surface area contributed by atoms with Gasteiger partial charge in [0.2, 0.25) is 0 Å². The summed E-state index contributed by atoms with van der Waals surface area (Å²) in [4.78, 5) is 15.8. The van der Waals surface area contributed by atoms with E-state index in [4.69, 9.17) is 0 Å². The molecule has 1 aliphatic rings. The maximum Gasteiger partial charge on any atom is 0.147 e. The molecule has 0 amide bonds. The lowest BCUT2D eigenvalue weighted by molar-refractivity contribution is 0.212. The summed E-state index contributed by atoms with van der Waals surface area (Å²) in [5, 5.41) is 0. The summed E-state index contributed by atoms with van der Waals surface area (Å²) in [5.41, 5.74) is 1.38. The van der Waals surface area contributed by atoms with E-state index in [1.54, 1.807) is 12.4 Å². The molecule has 5 heteroatoms. The van der Waals surface area contributed by atoms with E-state index < -0.39 is 0 Å². The quantitative estimate of drug-likeness (QED) is 0.812. The van der Waals surface area contributed by atoms with Crippen molar-refractivity contribution in [1.82, 2.24) is 19.8 Å². The highest BCUT2D eigenvalue weighted by atomic mass is 15.3. The lowest BCUT2D eigenvalue weighted by Gasteiger charge is -2.35. The summed E-state index contributed by atoms with van der Waals surface area (Å²) < 4.78 is 0. The molecule has 3 rings (SSSR count). The molecule has 1 fully saturated rings. The van der Waals surface area contributed by atoms with Crippen molar-refractivity contribution < 1.29 is 0 Å². The number of nitrogens with zero attached hydrogens (tertiary/aromatic N) is 5. The van der Waals surface area contributed by atoms with Gasteiger partial charge in [-0.2, -0.15) is 0 Å². The summed E-state index contributed by atoms with van der Waals surface area (Å²) in [7, 11) is 2.20. The van der Waals surface area contributed by atoms with Crippen molar-refractivity contribution in [2.45, 2.75) is 6.54 Å². The molecule has 1 saturated heterocycles. The van der Waals surface area contributed by atoms with Crippen LogP contribution in [0, 0.1) is 0 Å². The predicted molar refractivity (Wildman–Crippen MR) is 93.5 cm³/mol. The number of piperazine rings is 1.